The summed E-state index contributed by atoms with van der Waals surface area (Å²) in [4.78, 5) is 56.4. The molecule has 6 heterocycles. The molecule has 12 heteroatoms. The molecule has 2 atom stereocenters. The predicted octanol–water partition coefficient (Wildman–Crippen LogP) is 5.95. The fraction of sp³-hybridized carbons (Fsp3) is 0.632. The highest BCUT2D eigenvalue weighted by Crippen LogP contribution is 2.49. The van der Waals surface area contributed by atoms with E-state index < -0.39 is 5.25 Å². The molecule has 270 valence electrons. The van der Waals surface area contributed by atoms with Crippen LogP contribution in [-0.4, -0.2) is 98.2 Å². The number of thioether (sulfide) groups is 1. The normalized spacial score (nSPS) is 23.4. The highest BCUT2D eigenvalue weighted by Gasteiger charge is 2.44. The van der Waals surface area contributed by atoms with Crippen LogP contribution in [0.15, 0.2) is 41.3 Å². The van der Waals surface area contributed by atoms with Gasteiger partial charge in [-0.15, -0.1) is 11.8 Å². The van der Waals surface area contributed by atoms with Crippen molar-refractivity contribution in [3.63, 3.8) is 0 Å². The minimum Gasteiger partial charge on any atom is -0.369 e. The Bertz CT molecular complexity index is 1730. The number of benzene rings is 1. The molecule has 0 unspecified atom stereocenters. The number of nitrogens with one attached hydrogen (secondary N) is 1. The third-order valence-electron chi connectivity index (χ3n) is 11.2. The third kappa shape index (κ3) is 7.33. The number of carbonyl (C=O) groups is 2. The largest absolute Gasteiger partial charge is 0.369 e. The summed E-state index contributed by atoms with van der Waals surface area (Å²) in [5.41, 5.74) is 2.63. The Morgan fingerprint density at radius 2 is 1.66 bits per heavy atom. The van der Waals surface area contributed by atoms with Crippen molar-refractivity contribution in [2.24, 2.45) is 5.41 Å². The van der Waals surface area contributed by atoms with Gasteiger partial charge in [0.1, 0.15) is 11.2 Å². The van der Waals surface area contributed by atoms with Crippen LogP contribution in [0.2, 0.25) is 0 Å². The van der Waals surface area contributed by atoms with E-state index in [1.807, 2.05) is 28.0 Å². The molecule has 2 aromatic heterocycles. The maximum atomic E-state index is 15.9. The summed E-state index contributed by atoms with van der Waals surface area (Å²) in [6, 6.07) is 9.53. The molecule has 50 heavy (non-hydrogen) atoms. The molecule has 4 aliphatic rings. The first-order valence-corrected chi connectivity index (χ1v) is 19.6. The number of H-pyrrole nitrogens is 1. The van der Waals surface area contributed by atoms with E-state index >= 15 is 4.39 Å². The van der Waals surface area contributed by atoms with E-state index in [1.54, 1.807) is 22.9 Å². The summed E-state index contributed by atoms with van der Waals surface area (Å²) in [6.45, 7) is 12.0. The average molecular weight is 706 g/mol. The van der Waals surface area contributed by atoms with Crippen LogP contribution in [0.4, 0.5) is 10.1 Å². The second-order valence-electron chi connectivity index (χ2n) is 15.8. The summed E-state index contributed by atoms with van der Waals surface area (Å²) < 4.78 is 17.7. The Morgan fingerprint density at radius 1 is 0.940 bits per heavy atom. The molecule has 0 saturated carbocycles. The summed E-state index contributed by atoms with van der Waals surface area (Å²) >= 11 is 1.51. The van der Waals surface area contributed by atoms with E-state index in [2.05, 4.69) is 40.5 Å². The number of amides is 2. The van der Waals surface area contributed by atoms with E-state index in [0.717, 1.165) is 43.4 Å². The lowest BCUT2D eigenvalue weighted by Crippen LogP contribution is -2.47. The second kappa shape index (κ2) is 14.7. The zero-order valence-corrected chi connectivity index (χ0v) is 30.6. The van der Waals surface area contributed by atoms with Crippen LogP contribution < -0.4 is 10.6 Å². The van der Waals surface area contributed by atoms with Crippen molar-refractivity contribution in [3.05, 3.63) is 58.4 Å². The number of aromatic amines is 1. The Labute approximate surface area is 298 Å². The van der Waals surface area contributed by atoms with Gasteiger partial charge in [0, 0.05) is 63.0 Å². The zero-order chi connectivity index (χ0) is 35.0. The van der Waals surface area contributed by atoms with Crippen molar-refractivity contribution in [2.75, 3.05) is 50.7 Å². The lowest BCUT2D eigenvalue weighted by atomic mass is 9.92. The van der Waals surface area contributed by atoms with Gasteiger partial charge in [-0.2, -0.15) is 0 Å². The highest BCUT2D eigenvalue weighted by atomic mass is 32.2. The van der Waals surface area contributed by atoms with Gasteiger partial charge >= 0.3 is 5.69 Å². The molecule has 7 rings (SSSR count). The number of hydrogen-bond donors (Lipinski definition) is 1. The first-order valence-electron chi connectivity index (χ1n) is 18.6. The molecule has 4 saturated heterocycles. The van der Waals surface area contributed by atoms with Crippen LogP contribution >= 0.6 is 11.8 Å². The fourth-order valence-electron chi connectivity index (χ4n) is 8.43. The molecule has 3 aromatic rings. The number of halogens is 1. The van der Waals surface area contributed by atoms with Gasteiger partial charge in [0.2, 0.25) is 11.8 Å². The average Bonchev–Trinajstić information content (AvgIpc) is 3.62. The van der Waals surface area contributed by atoms with Gasteiger partial charge in [-0.3, -0.25) is 19.1 Å². The molecular weight excluding hydrogens is 654 g/mol. The number of carbonyl (C=O) groups excluding carboxylic acids is 2. The Morgan fingerprint density at radius 3 is 2.38 bits per heavy atom. The number of imidazole rings is 1. The van der Waals surface area contributed by atoms with Crippen molar-refractivity contribution in [3.8, 4) is 0 Å². The SMILES string of the molecule is CC(C)(C)CCN1C(=O)[C@H](CC(=O)N2CCC(n3c(=O)[nH]c4ncccc43)CC2)S[C@H]1c1cccc(F)c1N1CCC(N2CCCCC2)CC1. The first kappa shape index (κ1) is 35.0. The quantitative estimate of drug-likeness (QED) is 0.310. The number of aromatic nitrogens is 3. The van der Waals surface area contributed by atoms with Gasteiger partial charge in [0.05, 0.1) is 16.5 Å². The molecular formula is C38H52FN7O3S. The summed E-state index contributed by atoms with van der Waals surface area (Å²) in [5, 5.41) is -0.894. The monoisotopic (exact) mass is 705 g/mol. The van der Waals surface area contributed by atoms with Gasteiger partial charge in [0.25, 0.3) is 0 Å². The van der Waals surface area contributed by atoms with Crippen LogP contribution in [0, 0.1) is 11.2 Å². The maximum Gasteiger partial charge on any atom is 0.327 e. The van der Waals surface area contributed by atoms with Crippen LogP contribution in [0.3, 0.4) is 0 Å². The molecule has 4 fully saturated rings. The number of para-hydroxylation sites is 1. The minimum atomic E-state index is -0.534. The van der Waals surface area contributed by atoms with Gasteiger partial charge < -0.3 is 19.6 Å². The summed E-state index contributed by atoms with van der Waals surface area (Å²) in [7, 11) is 0. The molecule has 1 N–H and O–H groups in total. The van der Waals surface area contributed by atoms with E-state index in [1.165, 1.54) is 44.1 Å². The van der Waals surface area contributed by atoms with Crippen molar-refractivity contribution in [2.45, 2.75) is 101 Å². The summed E-state index contributed by atoms with van der Waals surface area (Å²) in [5.74, 6) is -0.322. The van der Waals surface area contributed by atoms with Crippen molar-refractivity contribution >= 4 is 40.4 Å². The molecule has 10 nitrogen and oxygen atoms in total. The second-order valence-corrected chi connectivity index (χ2v) is 17.1. The standard InChI is InChI=1S/C38H52FN7O3S/c1-38(2,3)16-24-45-35(48)31(25-32(47)43-20-14-27(15-21-43)46-30-11-8-17-40-34(30)41-37(46)49)50-36(45)28-9-7-10-29(39)33(28)44-22-12-26(13-23-44)42-18-5-4-6-19-42/h7-11,17,26-27,31,36H,4-6,12-16,18-25H2,1-3H3,(H,40,41,49)/t31-,36-/m0/s1. The van der Waals surface area contributed by atoms with E-state index in [0.29, 0.717) is 49.9 Å². The third-order valence-corrected chi connectivity index (χ3v) is 12.7. The molecule has 2 amide bonds. The molecule has 0 bridgehead atoms. The van der Waals surface area contributed by atoms with Gasteiger partial charge in [-0.25, -0.2) is 14.2 Å². The first-order chi connectivity index (χ1) is 24.1. The Hall–Kier alpha value is -3.38. The van der Waals surface area contributed by atoms with Crippen LogP contribution in [0.5, 0.6) is 0 Å². The Balaban J connectivity index is 1.05. The number of pyridine rings is 1. The topological polar surface area (TPSA) is 97.8 Å². The molecule has 0 radical (unpaired) electrons. The number of nitrogens with zero attached hydrogens (tertiary/aromatic N) is 6. The van der Waals surface area contributed by atoms with Crippen molar-refractivity contribution in [1.29, 1.82) is 0 Å². The fourth-order valence-corrected chi connectivity index (χ4v) is 9.93. The van der Waals surface area contributed by atoms with E-state index in [-0.39, 0.29) is 46.6 Å². The highest BCUT2D eigenvalue weighted by molar-refractivity contribution is 8.01. The van der Waals surface area contributed by atoms with E-state index in [9.17, 15) is 14.4 Å². The number of hydrogen-bond acceptors (Lipinski definition) is 7. The predicted molar refractivity (Wildman–Crippen MR) is 197 cm³/mol. The van der Waals surface area contributed by atoms with Gasteiger partial charge in [-0.1, -0.05) is 39.3 Å². The number of fused-ring (bicyclic) bond motifs is 1. The van der Waals surface area contributed by atoms with Crippen molar-refractivity contribution in [1.82, 2.24) is 29.2 Å². The summed E-state index contributed by atoms with van der Waals surface area (Å²) in [6.07, 6.45) is 9.75. The smallest absolute Gasteiger partial charge is 0.327 e. The van der Waals surface area contributed by atoms with Crippen LogP contribution in [-0.2, 0) is 9.59 Å². The number of rotatable bonds is 8. The molecule has 1 aromatic carbocycles. The zero-order valence-electron chi connectivity index (χ0n) is 29.8. The van der Waals surface area contributed by atoms with Gasteiger partial charge in [0.15, 0.2) is 5.65 Å². The molecule has 4 aliphatic heterocycles. The lowest BCUT2D eigenvalue weighted by Gasteiger charge is -2.42. The van der Waals surface area contributed by atoms with Gasteiger partial charge in [-0.05, 0) is 81.6 Å². The number of likely N-dealkylation sites (tertiary alicyclic amines) is 2. The molecule has 0 spiro atoms. The maximum absolute atomic E-state index is 15.9. The van der Waals surface area contributed by atoms with Crippen LogP contribution in [0.1, 0.15) is 95.5 Å². The molecule has 0 aliphatic carbocycles. The Kier molecular flexibility index (Phi) is 10.3. The number of piperidine rings is 3. The lowest BCUT2D eigenvalue weighted by molar-refractivity contribution is -0.136. The minimum absolute atomic E-state index is 0.0116. The van der Waals surface area contributed by atoms with Crippen LogP contribution in [0.25, 0.3) is 11.2 Å². The van der Waals surface area contributed by atoms with Crippen molar-refractivity contribution < 1.29 is 14.0 Å². The number of anilines is 1. The van der Waals surface area contributed by atoms with E-state index in [4.69, 9.17) is 0 Å².